The summed E-state index contributed by atoms with van der Waals surface area (Å²) in [6, 6.07) is 12.0. The zero-order valence-electron chi connectivity index (χ0n) is 16.6. The summed E-state index contributed by atoms with van der Waals surface area (Å²) in [4.78, 5) is 24.6. The number of rotatable bonds is 4. The molecule has 0 unspecified atom stereocenters. The first kappa shape index (κ1) is 18.4. The van der Waals surface area contributed by atoms with Gasteiger partial charge in [-0.1, -0.05) is 5.16 Å². The highest BCUT2D eigenvalue weighted by Gasteiger charge is 2.15. The van der Waals surface area contributed by atoms with Gasteiger partial charge in [-0.15, -0.1) is 0 Å². The molecule has 0 radical (unpaired) electrons. The Hall–Kier alpha value is -3.65. The Bertz CT molecular complexity index is 1210. The van der Waals surface area contributed by atoms with Crippen molar-refractivity contribution >= 4 is 28.0 Å². The number of benzene rings is 1. The van der Waals surface area contributed by atoms with Crippen LogP contribution in [-0.4, -0.2) is 53.3 Å². The van der Waals surface area contributed by atoms with E-state index in [1.807, 2.05) is 24.3 Å². The fourth-order valence-electron chi connectivity index (χ4n) is 3.74. The van der Waals surface area contributed by atoms with Gasteiger partial charge in [-0.25, -0.2) is 4.98 Å². The number of fused-ring (bicyclic) bond motifs is 1. The molecule has 3 aromatic heterocycles. The number of nitrogens with zero attached hydrogens (tertiary/aromatic N) is 4. The SMILES string of the molecule is CN1CCN(c2ccc(Nc3nc(-c4cnoc4)cc4cc[nH]c(=O)c34)cc2)CC1. The van der Waals surface area contributed by atoms with Crippen molar-refractivity contribution in [3.8, 4) is 11.3 Å². The third kappa shape index (κ3) is 3.53. The summed E-state index contributed by atoms with van der Waals surface area (Å²) < 4.78 is 4.95. The van der Waals surface area contributed by atoms with Crippen molar-refractivity contribution in [3.05, 3.63) is 65.4 Å². The molecule has 30 heavy (non-hydrogen) atoms. The minimum atomic E-state index is -0.187. The molecule has 0 atom stereocenters. The Morgan fingerprint density at radius 3 is 2.63 bits per heavy atom. The van der Waals surface area contributed by atoms with E-state index in [2.05, 4.69) is 49.4 Å². The third-order valence-corrected chi connectivity index (χ3v) is 5.48. The van der Waals surface area contributed by atoms with Gasteiger partial charge in [0.1, 0.15) is 12.1 Å². The Morgan fingerprint density at radius 1 is 1.10 bits per heavy atom. The topological polar surface area (TPSA) is 90.3 Å². The zero-order chi connectivity index (χ0) is 20.5. The van der Waals surface area contributed by atoms with Crippen LogP contribution in [0.2, 0.25) is 0 Å². The quantitative estimate of drug-likeness (QED) is 0.542. The molecule has 0 saturated carbocycles. The number of nitrogens with one attached hydrogen (secondary N) is 2. The van der Waals surface area contributed by atoms with Crippen LogP contribution in [0.15, 0.2) is 64.4 Å². The fraction of sp³-hybridized carbons (Fsp3) is 0.227. The van der Waals surface area contributed by atoms with E-state index in [1.165, 1.54) is 12.0 Å². The average Bonchev–Trinajstić information content (AvgIpc) is 3.30. The van der Waals surface area contributed by atoms with E-state index in [9.17, 15) is 4.79 Å². The molecule has 4 heterocycles. The van der Waals surface area contributed by atoms with Gasteiger partial charge in [-0.3, -0.25) is 4.79 Å². The Kier molecular flexibility index (Phi) is 4.68. The second-order valence-electron chi connectivity index (χ2n) is 7.50. The summed E-state index contributed by atoms with van der Waals surface area (Å²) in [5.74, 6) is 0.498. The zero-order valence-corrected chi connectivity index (χ0v) is 16.6. The third-order valence-electron chi connectivity index (χ3n) is 5.48. The summed E-state index contributed by atoms with van der Waals surface area (Å²) in [7, 11) is 2.15. The molecule has 2 N–H and O–H groups in total. The largest absolute Gasteiger partial charge is 0.369 e. The van der Waals surface area contributed by atoms with Crippen LogP contribution in [0, 0.1) is 0 Å². The summed E-state index contributed by atoms with van der Waals surface area (Å²) in [6.45, 7) is 4.17. The number of pyridine rings is 2. The highest BCUT2D eigenvalue weighted by atomic mass is 16.5. The Labute approximate surface area is 173 Å². The molecular formula is C22H22N6O2. The molecule has 152 valence electrons. The van der Waals surface area contributed by atoms with Gasteiger partial charge in [-0.05, 0) is 48.8 Å². The lowest BCUT2D eigenvalue weighted by Crippen LogP contribution is -2.44. The molecule has 1 fully saturated rings. The second-order valence-corrected chi connectivity index (χ2v) is 7.50. The first-order chi connectivity index (χ1) is 14.7. The molecule has 5 rings (SSSR count). The highest BCUT2D eigenvalue weighted by molar-refractivity contribution is 5.95. The number of aromatic amines is 1. The lowest BCUT2D eigenvalue weighted by atomic mass is 10.1. The van der Waals surface area contributed by atoms with Crippen molar-refractivity contribution in [1.29, 1.82) is 0 Å². The molecule has 0 amide bonds. The monoisotopic (exact) mass is 402 g/mol. The maximum absolute atomic E-state index is 12.5. The molecule has 1 aliphatic rings. The van der Waals surface area contributed by atoms with Gasteiger partial charge in [-0.2, -0.15) is 0 Å². The van der Waals surface area contributed by atoms with E-state index in [0.717, 1.165) is 42.8 Å². The molecule has 8 nitrogen and oxygen atoms in total. The van der Waals surface area contributed by atoms with E-state index in [-0.39, 0.29) is 5.56 Å². The summed E-state index contributed by atoms with van der Waals surface area (Å²) in [5.41, 5.74) is 3.32. The number of aromatic nitrogens is 3. The minimum Gasteiger partial charge on any atom is -0.369 e. The van der Waals surface area contributed by atoms with Crippen LogP contribution in [0.3, 0.4) is 0 Å². The van der Waals surface area contributed by atoms with E-state index >= 15 is 0 Å². The van der Waals surface area contributed by atoms with Crippen LogP contribution in [-0.2, 0) is 0 Å². The van der Waals surface area contributed by atoms with Crippen molar-refractivity contribution in [3.63, 3.8) is 0 Å². The molecule has 1 aromatic carbocycles. The van der Waals surface area contributed by atoms with E-state index in [0.29, 0.717) is 16.9 Å². The van der Waals surface area contributed by atoms with Gasteiger partial charge in [0, 0.05) is 43.8 Å². The molecule has 0 bridgehead atoms. The lowest BCUT2D eigenvalue weighted by molar-refractivity contribution is 0.313. The van der Waals surface area contributed by atoms with Crippen LogP contribution in [0.5, 0.6) is 0 Å². The van der Waals surface area contributed by atoms with E-state index in [1.54, 1.807) is 12.4 Å². The number of anilines is 3. The molecule has 1 aliphatic heterocycles. The predicted octanol–water partition coefficient (Wildman–Crippen LogP) is 3.07. The smallest absolute Gasteiger partial charge is 0.259 e. The predicted molar refractivity (Wildman–Crippen MR) is 117 cm³/mol. The molecule has 4 aromatic rings. The van der Waals surface area contributed by atoms with Gasteiger partial charge in [0.05, 0.1) is 22.8 Å². The van der Waals surface area contributed by atoms with E-state index in [4.69, 9.17) is 4.52 Å². The molecule has 8 heteroatoms. The average molecular weight is 402 g/mol. The number of likely N-dealkylation sites (N-methyl/N-ethyl adjacent to an activating group) is 1. The van der Waals surface area contributed by atoms with Crippen molar-refractivity contribution in [2.75, 3.05) is 43.4 Å². The summed E-state index contributed by atoms with van der Waals surface area (Å²) >= 11 is 0. The fourth-order valence-corrected chi connectivity index (χ4v) is 3.74. The molecule has 0 aliphatic carbocycles. The maximum Gasteiger partial charge on any atom is 0.259 e. The molecular weight excluding hydrogens is 380 g/mol. The molecule has 1 saturated heterocycles. The van der Waals surface area contributed by atoms with Crippen molar-refractivity contribution in [2.45, 2.75) is 0 Å². The number of H-pyrrole nitrogens is 1. The minimum absolute atomic E-state index is 0.187. The van der Waals surface area contributed by atoms with E-state index < -0.39 is 0 Å². The standard InChI is InChI=1S/C22H22N6O2/c1-27-8-10-28(11-9-27)18-4-2-17(3-5-18)25-21-20-15(6-7-23-22(20)29)12-19(26-21)16-13-24-30-14-16/h2-7,12-14H,8-11H2,1H3,(H,23,29)(H,25,26). The van der Waals surface area contributed by atoms with Crippen LogP contribution in [0.25, 0.3) is 22.0 Å². The van der Waals surface area contributed by atoms with Gasteiger partial charge in [0.25, 0.3) is 5.56 Å². The van der Waals surface area contributed by atoms with Crippen molar-refractivity contribution in [1.82, 2.24) is 20.0 Å². The number of piperazine rings is 1. The van der Waals surface area contributed by atoms with Crippen LogP contribution >= 0.6 is 0 Å². The Balaban J connectivity index is 1.48. The Morgan fingerprint density at radius 2 is 1.90 bits per heavy atom. The normalized spacial score (nSPS) is 14.9. The maximum atomic E-state index is 12.5. The van der Waals surface area contributed by atoms with Crippen LogP contribution in [0.4, 0.5) is 17.2 Å². The summed E-state index contributed by atoms with van der Waals surface area (Å²) in [6.07, 6.45) is 4.78. The van der Waals surface area contributed by atoms with Gasteiger partial charge < -0.3 is 24.6 Å². The highest BCUT2D eigenvalue weighted by Crippen LogP contribution is 2.28. The summed E-state index contributed by atoms with van der Waals surface area (Å²) in [5, 5.41) is 8.38. The van der Waals surface area contributed by atoms with Crippen LogP contribution in [0.1, 0.15) is 0 Å². The van der Waals surface area contributed by atoms with Gasteiger partial charge >= 0.3 is 0 Å². The van der Waals surface area contributed by atoms with Crippen molar-refractivity contribution in [2.24, 2.45) is 0 Å². The van der Waals surface area contributed by atoms with Crippen molar-refractivity contribution < 1.29 is 4.52 Å². The lowest BCUT2D eigenvalue weighted by Gasteiger charge is -2.34. The molecule has 0 spiro atoms. The van der Waals surface area contributed by atoms with Gasteiger partial charge in [0.15, 0.2) is 0 Å². The second kappa shape index (κ2) is 7.64. The number of hydrogen-bond acceptors (Lipinski definition) is 7. The first-order valence-electron chi connectivity index (χ1n) is 9.90. The number of hydrogen-bond donors (Lipinski definition) is 2. The van der Waals surface area contributed by atoms with Gasteiger partial charge in [0.2, 0.25) is 0 Å². The van der Waals surface area contributed by atoms with Crippen LogP contribution < -0.4 is 15.8 Å². The first-order valence-corrected chi connectivity index (χ1v) is 9.90.